The molecule has 0 spiro atoms. The second kappa shape index (κ2) is 9.25. The molecule has 0 N–H and O–H groups in total. The Bertz CT molecular complexity index is 999. The second-order valence-corrected chi connectivity index (χ2v) is 7.36. The van der Waals surface area contributed by atoms with Gasteiger partial charge in [-0.2, -0.15) is 10.2 Å². The zero-order valence-electron chi connectivity index (χ0n) is 16.0. The van der Waals surface area contributed by atoms with E-state index in [0.29, 0.717) is 33.9 Å². The fourth-order valence-electron chi connectivity index (χ4n) is 2.53. The SMILES string of the molecule is COc1ccccc1Oc1cc(C(C)C)nc(SCc2cccc(C#N)c2)n1. The number of hydrogen-bond acceptors (Lipinski definition) is 6. The number of nitriles is 1. The summed E-state index contributed by atoms with van der Waals surface area (Å²) in [5.74, 6) is 2.65. The molecule has 0 bridgehead atoms. The molecule has 1 aromatic heterocycles. The van der Waals surface area contributed by atoms with Gasteiger partial charge in [0.15, 0.2) is 16.7 Å². The first-order chi connectivity index (χ1) is 13.6. The van der Waals surface area contributed by atoms with E-state index < -0.39 is 0 Å². The Morgan fingerprint density at radius 1 is 1.04 bits per heavy atom. The standard InChI is InChI=1S/C22H21N3O2S/c1-15(2)18-12-21(27-20-10-5-4-9-19(20)26-3)25-22(24-18)28-14-17-8-6-7-16(11-17)13-23/h4-12,15H,14H2,1-3H3. The van der Waals surface area contributed by atoms with Gasteiger partial charge >= 0.3 is 0 Å². The Labute approximate surface area is 169 Å². The summed E-state index contributed by atoms with van der Waals surface area (Å²) in [4.78, 5) is 9.20. The summed E-state index contributed by atoms with van der Waals surface area (Å²) in [7, 11) is 1.61. The third kappa shape index (κ3) is 5.02. The smallest absolute Gasteiger partial charge is 0.223 e. The quantitative estimate of drug-likeness (QED) is 0.388. The van der Waals surface area contributed by atoms with Gasteiger partial charge in [0.2, 0.25) is 5.88 Å². The van der Waals surface area contributed by atoms with Gasteiger partial charge in [0, 0.05) is 11.8 Å². The number of para-hydroxylation sites is 2. The van der Waals surface area contributed by atoms with Crippen LogP contribution < -0.4 is 9.47 Å². The molecule has 3 rings (SSSR count). The Hall–Kier alpha value is -3.04. The third-order valence-electron chi connectivity index (χ3n) is 4.00. The molecule has 0 radical (unpaired) electrons. The first-order valence-electron chi connectivity index (χ1n) is 8.90. The zero-order valence-corrected chi connectivity index (χ0v) is 16.9. The zero-order chi connectivity index (χ0) is 19.9. The summed E-state index contributed by atoms with van der Waals surface area (Å²) in [6, 6.07) is 19.0. The van der Waals surface area contributed by atoms with E-state index in [0.717, 1.165) is 11.3 Å². The topological polar surface area (TPSA) is 68.0 Å². The Kier molecular flexibility index (Phi) is 6.51. The van der Waals surface area contributed by atoms with Gasteiger partial charge < -0.3 is 9.47 Å². The number of benzene rings is 2. The molecule has 0 atom stereocenters. The lowest BCUT2D eigenvalue weighted by atomic mass is 10.1. The number of ether oxygens (including phenoxy) is 2. The number of hydrogen-bond donors (Lipinski definition) is 0. The molecule has 142 valence electrons. The van der Waals surface area contributed by atoms with Crippen LogP contribution >= 0.6 is 11.8 Å². The minimum Gasteiger partial charge on any atom is -0.493 e. The van der Waals surface area contributed by atoms with E-state index in [9.17, 15) is 0 Å². The first-order valence-corrected chi connectivity index (χ1v) is 9.89. The second-order valence-electron chi connectivity index (χ2n) is 6.42. The largest absolute Gasteiger partial charge is 0.493 e. The molecule has 6 heteroatoms. The normalized spacial score (nSPS) is 10.5. The lowest BCUT2D eigenvalue weighted by Gasteiger charge is -2.12. The highest BCUT2D eigenvalue weighted by molar-refractivity contribution is 7.98. The van der Waals surface area contributed by atoms with E-state index in [1.165, 1.54) is 11.8 Å². The lowest BCUT2D eigenvalue weighted by Crippen LogP contribution is -2.00. The van der Waals surface area contributed by atoms with Crippen LogP contribution in [0.4, 0.5) is 0 Å². The number of rotatable bonds is 7. The predicted octanol–water partition coefficient (Wildman–Crippen LogP) is 5.56. The summed E-state index contributed by atoms with van der Waals surface area (Å²) >= 11 is 1.52. The van der Waals surface area contributed by atoms with Gasteiger partial charge in [0.25, 0.3) is 0 Å². The van der Waals surface area contributed by atoms with Crippen molar-refractivity contribution in [2.24, 2.45) is 0 Å². The molecule has 0 aliphatic rings. The molecule has 0 saturated heterocycles. The molecule has 0 saturated carbocycles. The molecule has 0 aliphatic carbocycles. The molecular formula is C22H21N3O2S. The molecule has 0 amide bonds. The molecule has 5 nitrogen and oxygen atoms in total. The van der Waals surface area contributed by atoms with E-state index in [1.807, 2.05) is 48.5 Å². The summed E-state index contributed by atoms with van der Waals surface area (Å²) in [5, 5.41) is 9.69. The van der Waals surface area contributed by atoms with E-state index >= 15 is 0 Å². The van der Waals surface area contributed by atoms with Gasteiger partial charge in [-0.15, -0.1) is 0 Å². The molecule has 0 fully saturated rings. The van der Waals surface area contributed by atoms with Gasteiger partial charge in [0.1, 0.15) is 0 Å². The van der Waals surface area contributed by atoms with E-state index in [4.69, 9.17) is 14.7 Å². The highest BCUT2D eigenvalue weighted by Gasteiger charge is 2.12. The predicted molar refractivity (Wildman–Crippen MR) is 110 cm³/mol. The Morgan fingerprint density at radius 2 is 1.82 bits per heavy atom. The summed E-state index contributed by atoms with van der Waals surface area (Å²) < 4.78 is 11.3. The monoisotopic (exact) mass is 391 g/mol. The highest BCUT2D eigenvalue weighted by atomic mass is 32.2. The van der Waals surface area contributed by atoms with Crippen molar-refractivity contribution in [3.8, 4) is 23.4 Å². The summed E-state index contributed by atoms with van der Waals surface area (Å²) in [5.41, 5.74) is 2.61. The number of thioether (sulfide) groups is 1. The molecular weight excluding hydrogens is 370 g/mol. The molecule has 2 aromatic carbocycles. The van der Waals surface area contributed by atoms with Crippen molar-refractivity contribution in [3.05, 3.63) is 71.4 Å². The van der Waals surface area contributed by atoms with Gasteiger partial charge in [0.05, 0.1) is 24.4 Å². The van der Waals surface area contributed by atoms with E-state index in [2.05, 4.69) is 29.9 Å². The molecule has 0 aliphatic heterocycles. The summed E-state index contributed by atoms with van der Waals surface area (Å²) in [6.07, 6.45) is 0. The fraction of sp³-hybridized carbons (Fsp3) is 0.227. The maximum Gasteiger partial charge on any atom is 0.223 e. The molecule has 28 heavy (non-hydrogen) atoms. The van der Waals surface area contributed by atoms with Crippen LogP contribution in [-0.2, 0) is 5.75 Å². The molecule has 3 aromatic rings. The van der Waals surface area contributed by atoms with Gasteiger partial charge in [-0.1, -0.05) is 49.9 Å². The number of nitrogens with zero attached hydrogens (tertiary/aromatic N) is 3. The van der Waals surface area contributed by atoms with Crippen LogP contribution in [-0.4, -0.2) is 17.1 Å². The van der Waals surface area contributed by atoms with E-state index in [-0.39, 0.29) is 5.92 Å². The van der Waals surface area contributed by atoms with Crippen molar-refractivity contribution in [2.75, 3.05) is 7.11 Å². The van der Waals surface area contributed by atoms with Crippen molar-refractivity contribution in [2.45, 2.75) is 30.7 Å². The fourth-order valence-corrected chi connectivity index (χ4v) is 3.33. The number of methoxy groups -OCH3 is 1. The molecule has 1 heterocycles. The van der Waals surface area contributed by atoms with Crippen LogP contribution in [0, 0.1) is 11.3 Å². The van der Waals surface area contributed by atoms with Crippen molar-refractivity contribution >= 4 is 11.8 Å². The lowest BCUT2D eigenvalue weighted by molar-refractivity contribution is 0.372. The average Bonchev–Trinajstić information content (AvgIpc) is 2.72. The van der Waals surface area contributed by atoms with Crippen molar-refractivity contribution < 1.29 is 9.47 Å². The van der Waals surface area contributed by atoms with Crippen LogP contribution in [0.1, 0.15) is 36.6 Å². The summed E-state index contributed by atoms with van der Waals surface area (Å²) in [6.45, 7) is 4.17. The number of aromatic nitrogens is 2. The maximum atomic E-state index is 9.06. The van der Waals surface area contributed by atoms with Gasteiger partial charge in [-0.3, -0.25) is 0 Å². The highest BCUT2D eigenvalue weighted by Crippen LogP contribution is 2.32. The van der Waals surface area contributed by atoms with E-state index in [1.54, 1.807) is 13.2 Å². The van der Waals surface area contributed by atoms with Crippen LogP contribution in [0.2, 0.25) is 0 Å². The van der Waals surface area contributed by atoms with Gasteiger partial charge in [-0.05, 0) is 35.7 Å². The van der Waals surface area contributed by atoms with Crippen LogP contribution in [0.25, 0.3) is 0 Å². The Morgan fingerprint density at radius 3 is 2.54 bits per heavy atom. The van der Waals surface area contributed by atoms with Crippen molar-refractivity contribution in [1.82, 2.24) is 9.97 Å². The van der Waals surface area contributed by atoms with Crippen LogP contribution in [0.5, 0.6) is 17.4 Å². The first kappa shape index (κ1) is 19.7. The van der Waals surface area contributed by atoms with Crippen molar-refractivity contribution in [1.29, 1.82) is 5.26 Å². The maximum absolute atomic E-state index is 9.06. The minimum atomic E-state index is 0.240. The Balaban J connectivity index is 1.84. The van der Waals surface area contributed by atoms with Crippen LogP contribution in [0.3, 0.4) is 0 Å². The van der Waals surface area contributed by atoms with Crippen LogP contribution in [0.15, 0.2) is 59.8 Å². The molecule has 0 unspecified atom stereocenters. The van der Waals surface area contributed by atoms with Gasteiger partial charge in [-0.25, -0.2) is 4.98 Å². The average molecular weight is 391 g/mol. The third-order valence-corrected chi connectivity index (χ3v) is 4.92. The minimum absolute atomic E-state index is 0.240. The van der Waals surface area contributed by atoms with Crippen molar-refractivity contribution in [3.63, 3.8) is 0 Å².